The molecule has 5 rings (SSSR count). The fraction of sp³-hybridized carbons (Fsp3) is 0.269. The summed E-state index contributed by atoms with van der Waals surface area (Å²) in [5.41, 5.74) is 2.20. The molecule has 0 saturated carbocycles. The second-order valence-corrected chi connectivity index (χ2v) is 8.11. The van der Waals surface area contributed by atoms with Crippen LogP contribution in [0.15, 0.2) is 77.4 Å². The second-order valence-electron chi connectivity index (χ2n) is 8.11. The lowest BCUT2D eigenvalue weighted by molar-refractivity contribution is -0.00699. The molecule has 1 fully saturated rings. The number of amides is 1. The van der Waals surface area contributed by atoms with Gasteiger partial charge in [0, 0.05) is 30.7 Å². The van der Waals surface area contributed by atoms with Gasteiger partial charge in [0.1, 0.15) is 17.9 Å². The zero-order valence-electron chi connectivity index (χ0n) is 18.2. The van der Waals surface area contributed by atoms with E-state index in [1.807, 2.05) is 60.7 Å². The van der Waals surface area contributed by atoms with Gasteiger partial charge in [-0.1, -0.05) is 53.7 Å². The lowest BCUT2D eigenvalue weighted by Gasteiger charge is -2.32. The molecular formula is C26H25N3O4. The van der Waals surface area contributed by atoms with Crippen LogP contribution >= 0.6 is 0 Å². The summed E-state index contributed by atoms with van der Waals surface area (Å²) in [5, 5.41) is 4.98. The molecule has 2 aromatic carbocycles. The quantitative estimate of drug-likeness (QED) is 0.415. The van der Waals surface area contributed by atoms with E-state index in [-0.39, 0.29) is 24.3 Å². The van der Waals surface area contributed by atoms with Crippen molar-refractivity contribution in [2.24, 2.45) is 0 Å². The first-order valence-corrected chi connectivity index (χ1v) is 11.1. The third-order valence-corrected chi connectivity index (χ3v) is 5.74. The maximum Gasteiger partial charge on any atom is 0.276 e. The van der Waals surface area contributed by atoms with Crippen LogP contribution in [0, 0.1) is 0 Å². The van der Waals surface area contributed by atoms with Gasteiger partial charge >= 0.3 is 0 Å². The van der Waals surface area contributed by atoms with Gasteiger partial charge in [0.15, 0.2) is 11.5 Å². The number of carbonyl (C=O) groups is 1. The van der Waals surface area contributed by atoms with E-state index in [9.17, 15) is 4.79 Å². The lowest BCUT2D eigenvalue weighted by atomic mass is 10.1. The van der Waals surface area contributed by atoms with Crippen LogP contribution in [0.5, 0.6) is 5.75 Å². The van der Waals surface area contributed by atoms with Gasteiger partial charge in [0.2, 0.25) is 0 Å². The van der Waals surface area contributed by atoms with Gasteiger partial charge < -0.3 is 18.9 Å². The van der Waals surface area contributed by atoms with Gasteiger partial charge in [-0.05, 0) is 30.5 Å². The number of rotatable bonds is 7. The van der Waals surface area contributed by atoms with Crippen molar-refractivity contribution in [1.82, 2.24) is 15.0 Å². The van der Waals surface area contributed by atoms with E-state index >= 15 is 0 Å². The topological polar surface area (TPSA) is 77.7 Å². The summed E-state index contributed by atoms with van der Waals surface area (Å²) >= 11 is 0. The van der Waals surface area contributed by atoms with Crippen LogP contribution in [-0.4, -0.2) is 40.1 Å². The van der Waals surface area contributed by atoms with Gasteiger partial charge in [-0.25, -0.2) is 0 Å². The smallest absolute Gasteiger partial charge is 0.276 e. The average molecular weight is 444 g/mol. The molecule has 0 unspecified atom stereocenters. The number of aromatic nitrogens is 2. The Kier molecular flexibility index (Phi) is 6.30. The maximum absolute atomic E-state index is 13.0. The number of carbonyl (C=O) groups excluding carboxylic acids is 1. The number of benzene rings is 2. The van der Waals surface area contributed by atoms with Crippen molar-refractivity contribution in [1.29, 1.82) is 0 Å². The Morgan fingerprint density at radius 3 is 2.85 bits per heavy atom. The first-order chi connectivity index (χ1) is 16.3. The summed E-state index contributed by atoms with van der Waals surface area (Å²) in [5.74, 6) is 0.997. The molecule has 1 atom stereocenters. The van der Waals surface area contributed by atoms with Gasteiger partial charge in [-0.2, -0.15) is 0 Å². The monoisotopic (exact) mass is 443 g/mol. The Balaban J connectivity index is 1.18. The van der Waals surface area contributed by atoms with Crippen LogP contribution < -0.4 is 4.74 Å². The number of piperidine rings is 1. The Morgan fingerprint density at radius 1 is 1.06 bits per heavy atom. The molecule has 1 aliphatic rings. The number of ether oxygens (including phenoxy) is 2. The van der Waals surface area contributed by atoms with Crippen LogP contribution in [0.2, 0.25) is 0 Å². The summed E-state index contributed by atoms with van der Waals surface area (Å²) < 4.78 is 17.3. The molecule has 0 N–H and O–H groups in total. The van der Waals surface area contributed by atoms with Crippen LogP contribution in [0.25, 0.3) is 10.9 Å². The molecule has 0 aliphatic carbocycles. The minimum atomic E-state index is -0.148. The molecule has 0 spiro atoms. The Bertz CT molecular complexity index is 1220. The fourth-order valence-corrected chi connectivity index (χ4v) is 4.03. The number of para-hydroxylation sites is 1. The molecule has 1 amide bonds. The lowest BCUT2D eigenvalue weighted by Crippen LogP contribution is -2.43. The van der Waals surface area contributed by atoms with E-state index in [0.717, 1.165) is 29.3 Å². The first-order valence-electron chi connectivity index (χ1n) is 11.1. The number of fused-ring (bicyclic) bond motifs is 1. The minimum Gasteiger partial charge on any atom is -0.483 e. The van der Waals surface area contributed by atoms with Crippen LogP contribution in [0.4, 0.5) is 0 Å². The highest BCUT2D eigenvalue weighted by molar-refractivity contribution is 5.92. The second kappa shape index (κ2) is 9.83. The van der Waals surface area contributed by atoms with E-state index in [4.69, 9.17) is 14.0 Å². The minimum absolute atomic E-state index is 0.0106. The summed E-state index contributed by atoms with van der Waals surface area (Å²) in [6.07, 6.45) is 3.58. The van der Waals surface area contributed by atoms with E-state index < -0.39 is 0 Å². The zero-order chi connectivity index (χ0) is 22.5. The van der Waals surface area contributed by atoms with Crippen molar-refractivity contribution in [3.8, 4) is 5.75 Å². The molecule has 0 bridgehead atoms. The third-order valence-electron chi connectivity index (χ3n) is 5.74. The van der Waals surface area contributed by atoms with Crippen LogP contribution in [0.1, 0.15) is 34.7 Å². The van der Waals surface area contributed by atoms with E-state index in [1.54, 1.807) is 17.2 Å². The van der Waals surface area contributed by atoms with E-state index in [1.165, 1.54) is 0 Å². The number of nitrogens with zero attached hydrogens (tertiary/aromatic N) is 3. The predicted molar refractivity (Wildman–Crippen MR) is 123 cm³/mol. The molecule has 2 aromatic heterocycles. The molecule has 4 aromatic rings. The number of pyridine rings is 1. The standard InChI is InChI=1S/C26H25N3O4/c30-26(29-14-6-11-21(16-29)31-17-19-7-2-1-3-8-19)23-15-22(33-28-23)18-32-24-12-4-9-20-10-5-13-27-25(20)24/h1-5,7-10,12-13,15,21H,6,11,14,16-18H2/t21-/m1/s1. The SMILES string of the molecule is O=C(c1cc(COc2cccc3cccnc23)on1)N1CCC[C@@H](OCc2ccccc2)C1. The van der Waals surface area contributed by atoms with Gasteiger partial charge in [0.05, 0.1) is 12.7 Å². The Hall–Kier alpha value is -3.71. The molecule has 0 radical (unpaired) electrons. The van der Waals surface area contributed by atoms with E-state index in [0.29, 0.717) is 31.2 Å². The van der Waals surface area contributed by atoms with Gasteiger partial charge in [0.25, 0.3) is 5.91 Å². The van der Waals surface area contributed by atoms with Crippen LogP contribution in [0.3, 0.4) is 0 Å². The average Bonchev–Trinajstić information content (AvgIpc) is 3.35. The highest BCUT2D eigenvalue weighted by atomic mass is 16.5. The summed E-state index contributed by atoms with van der Waals surface area (Å²) in [6.45, 7) is 1.94. The van der Waals surface area contributed by atoms with Gasteiger partial charge in [-0.15, -0.1) is 0 Å². The normalized spacial score (nSPS) is 16.1. The number of likely N-dealkylation sites (tertiary alicyclic amines) is 1. The number of hydrogen-bond acceptors (Lipinski definition) is 6. The zero-order valence-corrected chi connectivity index (χ0v) is 18.2. The fourth-order valence-electron chi connectivity index (χ4n) is 4.03. The maximum atomic E-state index is 13.0. The molecule has 33 heavy (non-hydrogen) atoms. The largest absolute Gasteiger partial charge is 0.483 e. The summed E-state index contributed by atoms with van der Waals surface area (Å²) in [7, 11) is 0. The highest BCUT2D eigenvalue weighted by Crippen LogP contribution is 2.24. The van der Waals surface area contributed by atoms with Crippen molar-refractivity contribution in [3.05, 3.63) is 89.9 Å². The molecule has 1 aliphatic heterocycles. The highest BCUT2D eigenvalue weighted by Gasteiger charge is 2.27. The third kappa shape index (κ3) is 5.04. The predicted octanol–water partition coefficient (Wildman–Crippen LogP) is 4.62. The Labute approximate surface area is 191 Å². The molecule has 168 valence electrons. The van der Waals surface area contributed by atoms with Crippen molar-refractivity contribution in [3.63, 3.8) is 0 Å². The molecule has 1 saturated heterocycles. The van der Waals surface area contributed by atoms with Crippen molar-refractivity contribution < 1.29 is 18.8 Å². The first kappa shape index (κ1) is 21.2. The van der Waals surface area contributed by atoms with Crippen molar-refractivity contribution >= 4 is 16.8 Å². The summed E-state index contributed by atoms with van der Waals surface area (Å²) in [6, 6.07) is 21.3. The van der Waals surface area contributed by atoms with Crippen molar-refractivity contribution in [2.75, 3.05) is 13.1 Å². The number of hydrogen-bond donors (Lipinski definition) is 0. The van der Waals surface area contributed by atoms with Gasteiger partial charge in [-0.3, -0.25) is 9.78 Å². The van der Waals surface area contributed by atoms with Crippen LogP contribution in [-0.2, 0) is 18.0 Å². The molecule has 7 nitrogen and oxygen atoms in total. The molecule has 3 heterocycles. The molecule has 7 heteroatoms. The van der Waals surface area contributed by atoms with Crippen molar-refractivity contribution in [2.45, 2.75) is 32.2 Å². The summed E-state index contributed by atoms with van der Waals surface area (Å²) in [4.78, 5) is 19.2. The molecular weight excluding hydrogens is 418 g/mol. The Morgan fingerprint density at radius 2 is 1.94 bits per heavy atom. The van der Waals surface area contributed by atoms with E-state index in [2.05, 4.69) is 10.1 Å².